The number of benzene rings is 2. The highest BCUT2D eigenvalue weighted by Crippen LogP contribution is 2.33. The first kappa shape index (κ1) is 33.4. The van der Waals surface area contributed by atoms with Crippen LogP contribution in [0.15, 0.2) is 60.9 Å². The molecule has 1 atom stereocenters. The van der Waals surface area contributed by atoms with Gasteiger partial charge in [0.1, 0.15) is 24.5 Å². The third-order valence-corrected chi connectivity index (χ3v) is 10.5. The Balaban J connectivity index is 1.16. The number of amides is 2. The van der Waals surface area contributed by atoms with Gasteiger partial charge in [-0.15, -0.1) is 0 Å². The summed E-state index contributed by atoms with van der Waals surface area (Å²) in [6.07, 6.45) is 1.60. The normalized spacial score (nSPS) is 16.8. The lowest BCUT2D eigenvalue weighted by Gasteiger charge is -2.28. The molecule has 2 fully saturated rings. The van der Waals surface area contributed by atoms with Crippen molar-refractivity contribution in [2.45, 2.75) is 51.3 Å². The van der Waals surface area contributed by atoms with Gasteiger partial charge in [0, 0.05) is 52.2 Å². The molecule has 4 aromatic rings. The van der Waals surface area contributed by atoms with E-state index in [-0.39, 0.29) is 18.4 Å². The summed E-state index contributed by atoms with van der Waals surface area (Å²) in [4.78, 5) is 37.8. The second kappa shape index (κ2) is 14.8. The summed E-state index contributed by atoms with van der Waals surface area (Å²) >= 11 is 0. The van der Waals surface area contributed by atoms with Crippen molar-refractivity contribution >= 4 is 48.3 Å². The minimum Gasteiger partial charge on any atom is -0.465 e. The lowest BCUT2D eigenvalue weighted by atomic mass is 10.1. The Bertz CT molecular complexity index is 1730. The van der Waals surface area contributed by atoms with Gasteiger partial charge >= 0.3 is 6.09 Å². The molecule has 13 heteroatoms. The maximum atomic E-state index is 13.1. The molecule has 2 amide bonds. The van der Waals surface area contributed by atoms with Gasteiger partial charge in [-0.2, -0.15) is 0 Å². The van der Waals surface area contributed by atoms with Crippen molar-refractivity contribution in [2.24, 2.45) is 0 Å². The van der Waals surface area contributed by atoms with Gasteiger partial charge in [0.25, 0.3) is 0 Å². The summed E-state index contributed by atoms with van der Waals surface area (Å²) < 4.78 is 13.9. The van der Waals surface area contributed by atoms with Gasteiger partial charge in [0.2, 0.25) is 5.91 Å². The Labute approximate surface area is 282 Å². The molecule has 0 aliphatic carbocycles. The van der Waals surface area contributed by atoms with Crippen molar-refractivity contribution in [1.82, 2.24) is 19.9 Å². The van der Waals surface area contributed by atoms with Gasteiger partial charge in [-0.3, -0.25) is 4.79 Å². The number of carbonyl (C=O) groups is 2. The molecular formula is C35H45N7O5Si. The molecule has 48 heavy (non-hydrogen) atoms. The lowest BCUT2D eigenvalue weighted by Crippen LogP contribution is -2.36. The van der Waals surface area contributed by atoms with E-state index in [2.05, 4.69) is 60.7 Å². The Morgan fingerprint density at radius 2 is 1.81 bits per heavy atom. The number of fused-ring (bicyclic) bond motifs is 1. The average molecular weight is 672 g/mol. The maximum Gasteiger partial charge on any atom is 0.404 e. The SMILES string of the molecule is C[Si](C)(C)CCOCn1c(-c2ccc(NC(=O)Cc3cccc(N4CCC(NC(=O)O)C4)c3)cc2)cc2c(N3CCOCC3)ncnc21. The first-order valence-corrected chi connectivity index (χ1v) is 20.3. The summed E-state index contributed by atoms with van der Waals surface area (Å²) in [5, 5.41) is 15.6. The molecule has 2 saturated heterocycles. The number of ether oxygens (including phenoxy) is 2. The average Bonchev–Trinajstić information content (AvgIpc) is 3.68. The summed E-state index contributed by atoms with van der Waals surface area (Å²) in [5.41, 5.74) is 5.39. The molecule has 0 spiro atoms. The molecule has 1 unspecified atom stereocenters. The maximum absolute atomic E-state index is 13.1. The largest absolute Gasteiger partial charge is 0.465 e. The second-order valence-corrected chi connectivity index (χ2v) is 19.3. The highest BCUT2D eigenvalue weighted by atomic mass is 28.3. The fourth-order valence-corrected chi connectivity index (χ4v) is 7.00. The van der Waals surface area contributed by atoms with Gasteiger partial charge < -0.3 is 39.6 Å². The molecule has 254 valence electrons. The van der Waals surface area contributed by atoms with Gasteiger partial charge in [0.15, 0.2) is 0 Å². The third kappa shape index (κ3) is 8.33. The number of rotatable bonds is 12. The molecule has 6 rings (SSSR count). The standard InChI is InChI=1S/C35H45N7O5Si/c1-48(2,3)18-17-47-24-42-31(21-30-33(36-23-37-34(30)42)40-13-15-46-16-14-40)26-7-9-27(10-8-26)38-32(43)20-25-5-4-6-29(19-25)41-12-11-28(22-41)39-35(44)45/h4-10,19,21,23,28,39H,11-18,20,22,24H2,1-3H3,(H,38,43)(H,44,45). The predicted molar refractivity (Wildman–Crippen MR) is 191 cm³/mol. The molecule has 2 aromatic heterocycles. The summed E-state index contributed by atoms with van der Waals surface area (Å²) in [7, 11) is -1.24. The number of morpholine rings is 1. The quantitative estimate of drug-likeness (QED) is 0.136. The zero-order valence-corrected chi connectivity index (χ0v) is 28.9. The van der Waals surface area contributed by atoms with Crippen LogP contribution in [0.4, 0.5) is 22.0 Å². The fraction of sp³-hybridized carbons (Fsp3) is 0.429. The van der Waals surface area contributed by atoms with Crippen LogP contribution < -0.4 is 20.4 Å². The molecule has 4 heterocycles. The van der Waals surface area contributed by atoms with Crippen LogP contribution in [0.5, 0.6) is 0 Å². The number of carboxylic acid groups (broad SMARTS) is 1. The number of hydrogen-bond donors (Lipinski definition) is 3. The highest BCUT2D eigenvalue weighted by molar-refractivity contribution is 6.76. The first-order valence-electron chi connectivity index (χ1n) is 16.6. The van der Waals surface area contributed by atoms with Crippen molar-refractivity contribution in [1.29, 1.82) is 0 Å². The van der Waals surface area contributed by atoms with E-state index >= 15 is 0 Å². The fourth-order valence-electron chi connectivity index (χ4n) is 6.25. The zero-order valence-electron chi connectivity index (χ0n) is 27.9. The van der Waals surface area contributed by atoms with Crippen molar-refractivity contribution in [2.75, 3.05) is 61.1 Å². The molecule has 2 aromatic carbocycles. The number of carbonyl (C=O) groups excluding carboxylic acids is 1. The van der Waals surface area contributed by atoms with Crippen molar-refractivity contribution in [3.05, 3.63) is 66.5 Å². The number of hydrogen-bond acceptors (Lipinski definition) is 8. The van der Waals surface area contributed by atoms with Crippen molar-refractivity contribution in [3.63, 3.8) is 0 Å². The first-order chi connectivity index (χ1) is 23.1. The molecule has 3 N–H and O–H groups in total. The van der Waals surface area contributed by atoms with Gasteiger partial charge in [-0.25, -0.2) is 14.8 Å². The molecule has 12 nitrogen and oxygen atoms in total. The monoisotopic (exact) mass is 671 g/mol. The Morgan fingerprint density at radius 1 is 1.02 bits per heavy atom. The van der Waals surface area contributed by atoms with E-state index in [0.29, 0.717) is 38.8 Å². The number of anilines is 3. The van der Waals surface area contributed by atoms with Crippen LogP contribution >= 0.6 is 0 Å². The minimum atomic E-state index is -1.24. The van der Waals surface area contributed by atoms with Crippen LogP contribution in [0.2, 0.25) is 25.7 Å². The number of aromatic nitrogens is 3. The van der Waals surface area contributed by atoms with Crippen LogP contribution in [0.25, 0.3) is 22.3 Å². The topological polar surface area (TPSA) is 134 Å². The molecular weight excluding hydrogens is 627 g/mol. The van der Waals surface area contributed by atoms with Crippen LogP contribution in [0, 0.1) is 0 Å². The smallest absolute Gasteiger partial charge is 0.404 e. The number of nitrogens with zero attached hydrogens (tertiary/aromatic N) is 5. The van der Waals surface area contributed by atoms with Gasteiger partial charge in [0.05, 0.1) is 36.8 Å². The summed E-state index contributed by atoms with van der Waals surface area (Å²) in [5.74, 6) is 0.793. The minimum absolute atomic E-state index is 0.0964. The van der Waals surface area contributed by atoms with Crippen LogP contribution in [0.1, 0.15) is 12.0 Å². The van der Waals surface area contributed by atoms with Crippen LogP contribution in [-0.2, 0) is 27.4 Å². The molecule has 2 aliphatic heterocycles. The van der Waals surface area contributed by atoms with Gasteiger partial charge in [-0.1, -0.05) is 43.9 Å². The predicted octanol–water partition coefficient (Wildman–Crippen LogP) is 5.27. The van der Waals surface area contributed by atoms with Crippen molar-refractivity contribution in [3.8, 4) is 11.3 Å². The van der Waals surface area contributed by atoms with Gasteiger partial charge in [-0.05, 0) is 53.9 Å². The van der Waals surface area contributed by atoms with E-state index in [9.17, 15) is 9.59 Å². The highest BCUT2D eigenvalue weighted by Gasteiger charge is 2.24. The Kier molecular flexibility index (Phi) is 10.3. The summed E-state index contributed by atoms with van der Waals surface area (Å²) in [6, 6.07) is 18.9. The van der Waals surface area contributed by atoms with Crippen LogP contribution in [0.3, 0.4) is 0 Å². The van der Waals surface area contributed by atoms with Crippen molar-refractivity contribution < 1.29 is 24.2 Å². The Morgan fingerprint density at radius 3 is 2.56 bits per heavy atom. The van der Waals surface area contributed by atoms with E-state index < -0.39 is 14.2 Å². The molecule has 0 saturated carbocycles. The second-order valence-electron chi connectivity index (χ2n) is 13.7. The molecule has 0 radical (unpaired) electrons. The molecule has 2 aliphatic rings. The zero-order chi connectivity index (χ0) is 33.7. The third-order valence-electron chi connectivity index (χ3n) is 8.82. The van der Waals surface area contributed by atoms with E-state index in [0.717, 1.165) is 71.5 Å². The Hall–Kier alpha value is -4.46. The van der Waals surface area contributed by atoms with E-state index in [1.807, 2.05) is 48.5 Å². The lowest BCUT2D eigenvalue weighted by molar-refractivity contribution is -0.115. The molecule has 0 bridgehead atoms. The summed E-state index contributed by atoms with van der Waals surface area (Å²) in [6.45, 7) is 12.4. The van der Waals surface area contributed by atoms with E-state index in [4.69, 9.17) is 14.6 Å². The van der Waals surface area contributed by atoms with E-state index in [1.165, 1.54) is 0 Å². The van der Waals surface area contributed by atoms with Crippen LogP contribution in [-0.4, -0.2) is 91.8 Å². The van der Waals surface area contributed by atoms with E-state index in [1.54, 1.807) is 6.33 Å². The number of nitrogens with one attached hydrogen (secondary N) is 2.